The number of phenols is 3. The minimum Gasteiger partial charge on any atom is -0.508 e. The van der Waals surface area contributed by atoms with Crippen molar-refractivity contribution in [3.8, 4) is 17.2 Å². The first-order valence-corrected chi connectivity index (χ1v) is 35.6. The van der Waals surface area contributed by atoms with Crippen molar-refractivity contribution in [2.45, 2.75) is 80.4 Å². The largest absolute Gasteiger partial charge is 0.508 e. The van der Waals surface area contributed by atoms with Crippen LogP contribution in [0.15, 0.2) is 68.9 Å². The van der Waals surface area contributed by atoms with Crippen molar-refractivity contribution in [3.05, 3.63) is 119 Å². The molecule has 3 unspecified atom stereocenters. The molecule has 3 aromatic carbocycles. The number of amides is 4. The molecule has 112 heavy (non-hydrogen) atoms. The Labute approximate surface area is 640 Å². The van der Waals surface area contributed by atoms with Crippen LogP contribution >= 0.6 is 0 Å². The van der Waals surface area contributed by atoms with Crippen molar-refractivity contribution >= 4 is 105 Å². The second-order valence-corrected chi connectivity index (χ2v) is 31.1. The van der Waals surface area contributed by atoms with E-state index < -0.39 is 203 Å². The Bertz CT molecular complexity index is 4970. The van der Waals surface area contributed by atoms with E-state index in [1.807, 2.05) is 0 Å². The van der Waals surface area contributed by atoms with Crippen LogP contribution in [0.25, 0.3) is 17.3 Å². The third kappa shape index (κ3) is 11.9. The van der Waals surface area contributed by atoms with Crippen molar-refractivity contribution in [1.29, 1.82) is 0 Å². The first-order valence-electron chi connectivity index (χ1n) is 35.6. The number of primary amides is 3. The summed E-state index contributed by atoms with van der Waals surface area (Å²) in [6, 6.07) is 1.07. The van der Waals surface area contributed by atoms with Crippen molar-refractivity contribution < 1.29 is 124 Å². The quantitative estimate of drug-likeness (QED) is 0.0622. The molecule has 12 atom stereocenters. The standard InChI is InChI=1S/C28H34N4O9.C25H29N3O8.C24H27N3O8/c1-30(2)16-11-14(27(39)32-5-7-41-8-6-32)21(33)18-13(16)9-12-10-15-20(31(3)4)23(35)19(26(29)38)25(37)28(15,40)24(36)17(12)22(18)34;1-9(29)11-8-14(27(2)3)12-6-10-7-13-18(28(4)5)21(32)17(24(26)35)23(34)25(13,36)22(33)15(10)20(31)16(12)19(11)30;1-26(2)13-7-10(8-28)18(29)15-11(13)5-9-6-12-17(27(3)4)20(31)16(23(25)34)22(33)24(12,35)21(32)14(9)19(15)30/h11-12,15,20,33-34,37,40H,5-10H2,1-4H3,(H2,29,38);8,10,13,18,30-31,34,36H,6-7H2,1-5H3,(H2,26,35);7-9,12,17,29-30,33,35H,5-6H2,1-4H3,(H2,25,34)/t12?,15?,20-,28-;10-,13-,18-,25-;9-,12-,17?,24-/m000/s1. The van der Waals surface area contributed by atoms with Crippen LogP contribution in [0.4, 0.5) is 17.1 Å². The minimum absolute atomic E-state index is 0.00513. The zero-order chi connectivity index (χ0) is 83.3. The highest BCUT2D eigenvalue weighted by atomic mass is 16.5. The summed E-state index contributed by atoms with van der Waals surface area (Å²) in [6.07, 6.45) is 0.807. The lowest BCUT2D eigenvalue weighted by atomic mass is 9.57. The molecule has 598 valence electrons. The number of morpholine rings is 1. The van der Waals surface area contributed by atoms with Crippen molar-refractivity contribution in [1.82, 2.24) is 19.6 Å². The monoisotopic (exact) mass is 1550 g/mol. The van der Waals surface area contributed by atoms with Crippen molar-refractivity contribution in [3.63, 3.8) is 0 Å². The molecule has 1 saturated heterocycles. The molecule has 1 heterocycles. The van der Waals surface area contributed by atoms with Gasteiger partial charge in [0.2, 0.25) is 17.3 Å². The summed E-state index contributed by atoms with van der Waals surface area (Å²) in [6.45, 7) is 2.56. The van der Waals surface area contributed by atoms with Gasteiger partial charge in [0.05, 0.1) is 64.7 Å². The van der Waals surface area contributed by atoms with Gasteiger partial charge in [-0.1, -0.05) is 0 Å². The van der Waals surface area contributed by atoms with Crippen LogP contribution in [0.5, 0.6) is 17.2 Å². The Morgan fingerprint density at radius 2 is 0.741 bits per heavy atom. The number of anilines is 3. The van der Waals surface area contributed by atoms with Crippen molar-refractivity contribution in [2.75, 3.05) is 126 Å². The van der Waals surface area contributed by atoms with E-state index in [0.717, 1.165) is 0 Å². The van der Waals surface area contributed by atoms with Crippen LogP contribution in [0.2, 0.25) is 0 Å². The smallest absolute Gasteiger partial charge is 0.257 e. The maximum Gasteiger partial charge on any atom is 0.257 e. The minimum atomic E-state index is -2.73. The van der Waals surface area contributed by atoms with Gasteiger partial charge >= 0.3 is 0 Å². The van der Waals surface area contributed by atoms with Crippen LogP contribution in [0.1, 0.15) is 90.6 Å². The molecule has 13 rings (SSSR count). The number of ketones is 7. The number of aliphatic hydroxyl groups excluding tert-OH is 6. The Morgan fingerprint density at radius 1 is 0.455 bits per heavy atom. The number of carbonyl (C=O) groups is 12. The average molecular weight is 1560 g/mol. The van der Waals surface area contributed by atoms with E-state index in [4.69, 9.17) is 21.9 Å². The maximum absolute atomic E-state index is 14.1. The molecule has 3 saturated carbocycles. The second-order valence-electron chi connectivity index (χ2n) is 31.1. The number of phenolic OH excluding ortho intramolecular Hbond substituents is 3. The van der Waals surface area contributed by atoms with Gasteiger partial charge in [0, 0.05) is 107 Å². The fourth-order valence-corrected chi connectivity index (χ4v) is 18.6. The van der Waals surface area contributed by atoms with Gasteiger partial charge in [0.25, 0.3) is 23.6 Å². The number of nitrogens with two attached hydrogens (primary N) is 3. The fourth-order valence-electron chi connectivity index (χ4n) is 18.6. The number of aromatic hydroxyl groups is 3. The van der Waals surface area contributed by atoms with Gasteiger partial charge in [-0.05, 0) is 140 Å². The number of likely N-dealkylation sites (N-methyl/N-ethyl adjacent to an activating group) is 3. The first-order chi connectivity index (χ1) is 52.2. The van der Waals surface area contributed by atoms with E-state index in [1.54, 1.807) is 91.2 Å². The first kappa shape index (κ1) is 81.6. The molecule has 4 fully saturated rings. The number of ether oxygens (including phenoxy) is 1. The summed E-state index contributed by atoms with van der Waals surface area (Å²) in [4.78, 5) is 165. The lowest BCUT2D eigenvalue weighted by Crippen LogP contribution is -2.65. The molecule has 35 nitrogen and oxygen atoms in total. The highest BCUT2D eigenvalue weighted by molar-refractivity contribution is 6.27. The SMILES string of the molecule is CC(=O)c1cc(N(C)C)c2c(c1O)C(O)=C1C(=O)[C@]3(O)C(O)=C(C(N)=O)C(=O)[C@@H](N(C)C)[C@@H]3C[C@@H]1C2.CN(C)c1cc(C(=O)N2CCOCC2)c(O)c2c1CC1CC3[C@H](N(C)C)C(=O)C(C(N)=O)=C(O)[C@@]3(O)C(=O)C1=C2O.CN(C)c1cc(C=O)c(O)c2c1C[C@H]1C[C@H]3C(N(C)C)C(=O)C(C(N)=O)=C(O)[C@@]3(O)C(=O)C1=C2O. The molecule has 18 N–H and O–H groups in total. The van der Waals surface area contributed by atoms with Gasteiger partial charge in [-0.2, -0.15) is 0 Å². The number of Topliss-reactive ketones (excluding diaryl/α,β-unsaturated/α-hetero) is 7. The van der Waals surface area contributed by atoms with Crippen LogP contribution in [-0.2, 0) is 67.2 Å². The van der Waals surface area contributed by atoms with Gasteiger partial charge in [0.15, 0.2) is 46.2 Å². The summed E-state index contributed by atoms with van der Waals surface area (Å²) in [5, 5.41) is 135. The van der Waals surface area contributed by atoms with Gasteiger partial charge in [-0.15, -0.1) is 0 Å². The van der Waals surface area contributed by atoms with Crippen LogP contribution < -0.4 is 31.9 Å². The molecule has 0 spiro atoms. The molecule has 0 aromatic heterocycles. The Hall–Kier alpha value is -11.3. The molecule has 4 amide bonds. The molecular formula is C77H90N10O25. The zero-order valence-corrected chi connectivity index (χ0v) is 63.6. The number of fused-ring (bicyclic) bond motifs is 9. The normalized spacial score (nSPS) is 27.8. The lowest BCUT2D eigenvalue weighted by Gasteiger charge is -2.50. The van der Waals surface area contributed by atoms with Gasteiger partial charge in [-0.3, -0.25) is 72.2 Å². The number of rotatable bonds is 12. The van der Waals surface area contributed by atoms with Crippen LogP contribution in [0, 0.1) is 35.5 Å². The number of hydrogen-bond donors (Lipinski definition) is 15. The number of aliphatic hydroxyl groups is 9. The number of benzene rings is 3. The predicted molar refractivity (Wildman–Crippen MR) is 398 cm³/mol. The zero-order valence-electron chi connectivity index (χ0n) is 63.6. The van der Waals surface area contributed by atoms with Gasteiger partial charge < -0.3 is 103 Å². The molecule has 9 aliphatic carbocycles. The average Bonchev–Trinajstić information content (AvgIpc) is 0.707. The van der Waals surface area contributed by atoms with E-state index in [-0.39, 0.29) is 88.6 Å². The third-order valence-corrected chi connectivity index (χ3v) is 23.6. The van der Waals surface area contributed by atoms with E-state index >= 15 is 0 Å². The number of carbonyl (C=O) groups excluding carboxylic acids is 12. The van der Waals surface area contributed by atoms with Crippen LogP contribution in [0.3, 0.4) is 0 Å². The molecule has 35 heteroatoms. The summed E-state index contributed by atoms with van der Waals surface area (Å²) in [5.74, 6) is -23.0. The third-order valence-electron chi connectivity index (χ3n) is 23.6. The number of aldehydes is 1. The fraction of sp³-hybridized carbons (Fsp3) is 0.455. The number of hydrogen-bond acceptors (Lipinski definition) is 31. The van der Waals surface area contributed by atoms with E-state index in [1.165, 1.54) is 52.8 Å². The molecule has 1 aliphatic heterocycles. The Morgan fingerprint density at radius 3 is 1.02 bits per heavy atom. The predicted octanol–water partition coefficient (Wildman–Crippen LogP) is -0.422. The van der Waals surface area contributed by atoms with Gasteiger partial charge in [-0.25, -0.2) is 0 Å². The van der Waals surface area contributed by atoms with Crippen LogP contribution in [-0.4, -0.2) is 297 Å². The van der Waals surface area contributed by atoms with E-state index in [0.29, 0.717) is 66.3 Å². The maximum atomic E-state index is 14.1. The van der Waals surface area contributed by atoms with Gasteiger partial charge in [0.1, 0.15) is 68.5 Å². The Kier molecular flexibility index (Phi) is 21.0. The highest BCUT2D eigenvalue weighted by Gasteiger charge is 2.68. The summed E-state index contributed by atoms with van der Waals surface area (Å²) >= 11 is 0. The molecule has 3 aromatic rings. The summed E-state index contributed by atoms with van der Waals surface area (Å²) < 4.78 is 5.32. The van der Waals surface area contributed by atoms with E-state index in [9.17, 15) is 119 Å². The Balaban J connectivity index is 0.000000167. The molecule has 0 bridgehead atoms. The van der Waals surface area contributed by atoms with E-state index in [2.05, 4.69) is 0 Å². The lowest BCUT2D eigenvalue weighted by molar-refractivity contribution is -0.155. The number of nitrogens with zero attached hydrogens (tertiary/aromatic N) is 7. The summed E-state index contributed by atoms with van der Waals surface area (Å²) in [7, 11) is 19.6. The second kappa shape index (κ2) is 28.8. The summed E-state index contributed by atoms with van der Waals surface area (Å²) in [5.41, 5.74) is 6.97. The topological polar surface area (TPSA) is 558 Å². The molecular weight excluding hydrogens is 1460 g/mol. The molecule has 10 aliphatic rings. The molecule has 0 radical (unpaired) electrons. The highest BCUT2D eigenvalue weighted by Crippen LogP contribution is 2.59. The van der Waals surface area contributed by atoms with Crippen molar-refractivity contribution in [2.24, 2.45) is 52.7 Å².